The van der Waals surface area contributed by atoms with Crippen LogP contribution in [0.5, 0.6) is 0 Å². The van der Waals surface area contributed by atoms with Gasteiger partial charge in [0.05, 0.1) is 0 Å². The Morgan fingerprint density at radius 2 is 2.32 bits per heavy atom. The molecule has 1 saturated heterocycles. The van der Waals surface area contributed by atoms with Gasteiger partial charge >= 0.3 is 0 Å². The van der Waals surface area contributed by atoms with Crippen LogP contribution in [0, 0.1) is 0 Å². The first-order valence-electron chi connectivity index (χ1n) is 7.02. The molecular formula is C13H21N5S. The van der Waals surface area contributed by atoms with Gasteiger partial charge in [0.1, 0.15) is 17.5 Å². The molecule has 1 atom stereocenters. The van der Waals surface area contributed by atoms with E-state index in [-0.39, 0.29) is 0 Å². The monoisotopic (exact) mass is 279 g/mol. The van der Waals surface area contributed by atoms with Crippen molar-refractivity contribution in [2.75, 3.05) is 29.2 Å². The molecule has 104 valence electrons. The van der Waals surface area contributed by atoms with E-state index in [1.54, 1.807) is 0 Å². The van der Waals surface area contributed by atoms with E-state index in [1.165, 1.54) is 25.0 Å². The summed E-state index contributed by atoms with van der Waals surface area (Å²) in [5.41, 5.74) is 2.67. The van der Waals surface area contributed by atoms with E-state index < -0.39 is 0 Å². The summed E-state index contributed by atoms with van der Waals surface area (Å²) in [5, 5.41) is 0.711. The second-order valence-corrected chi connectivity index (χ2v) is 6.64. The lowest BCUT2D eigenvalue weighted by Crippen LogP contribution is -2.38. The van der Waals surface area contributed by atoms with Crippen LogP contribution in [0.2, 0.25) is 0 Å². The first-order chi connectivity index (χ1) is 9.30. The molecule has 0 spiro atoms. The summed E-state index contributed by atoms with van der Waals surface area (Å²) in [4.78, 5) is 11.6. The topological polar surface area (TPSA) is 67.1 Å². The summed E-state index contributed by atoms with van der Waals surface area (Å²) in [5.74, 6) is 9.97. The van der Waals surface area contributed by atoms with Gasteiger partial charge in [0.15, 0.2) is 0 Å². The Morgan fingerprint density at radius 3 is 3.00 bits per heavy atom. The van der Waals surface area contributed by atoms with Crippen LogP contribution >= 0.6 is 11.8 Å². The molecule has 0 aromatic carbocycles. The molecule has 1 aromatic heterocycles. The van der Waals surface area contributed by atoms with Crippen LogP contribution in [-0.2, 0) is 0 Å². The first kappa shape index (κ1) is 13.0. The highest BCUT2D eigenvalue weighted by Gasteiger charge is 2.28. The number of hydrazine groups is 1. The maximum Gasteiger partial charge on any atom is 0.145 e. The van der Waals surface area contributed by atoms with Crippen molar-refractivity contribution >= 4 is 23.4 Å². The van der Waals surface area contributed by atoms with Gasteiger partial charge in [0, 0.05) is 36.1 Å². The summed E-state index contributed by atoms with van der Waals surface area (Å²) in [6, 6.07) is 1.97. The van der Waals surface area contributed by atoms with E-state index in [0.717, 1.165) is 30.5 Å². The zero-order chi connectivity index (χ0) is 13.2. The number of hydrogen-bond acceptors (Lipinski definition) is 6. The molecule has 0 radical (unpaired) electrons. The molecule has 5 nitrogen and oxygen atoms in total. The van der Waals surface area contributed by atoms with Gasteiger partial charge in [-0.05, 0) is 19.3 Å². The molecule has 1 saturated carbocycles. The summed E-state index contributed by atoms with van der Waals surface area (Å²) in [7, 11) is 0. The van der Waals surface area contributed by atoms with E-state index in [4.69, 9.17) is 10.8 Å². The minimum Gasteiger partial charge on any atom is -0.355 e. The molecule has 2 heterocycles. The molecule has 0 amide bonds. The maximum atomic E-state index is 5.53. The van der Waals surface area contributed by atoms with Gasteiger partial charge in [-0.3, -0.25) is 0 Å². The highest BCUT2D eigenvalue weighted by molar-refractivity contribution is 8.00. The van der Waals surface area contributed by atoms with E-state index >= 15 is 0 Å². The van der Waals surface area contributed by atoms with Crippen molar-refractivity contribution in [2.24, 2.45) is 5.84 Å². The van der Waals surface area contributed by atoms with Gasteiger partial charge in [-0.1, -0.05) is 6.92 Å². The lowest BCUT2D eigenvalue weighted by Gasteiger charge is -2.33. The number of rotatable bonds is 4. The quantitative estimate of drug-likeness (QED) is 0.649. The van der Waals surface area contributed by atoms with E-state index in [2.05, 4.69) is 34.0 Å². The number of nitrogen functional groups attached to an aromatic ring is 1. The van der Waals surface area contributed by atoms with Gasteiger partial charge in [-0.15, -0.1) is 0 Å². The highest BCUT2D eigenvalue weighted by Crippen LogP contribution is 2.39. The molecule has 1 aliphatic heterocycles. The number of aromatic nitrogens is 2. The minimum absolute atomic E-state index is 0.549. The molecule has 1 unspecified atom stereocenters. The second kappa shape index (κ2) is 5.54. The number of thioether (sulfide) groups is 1. The van der Waals surface area contributed by atoms with Crippen LogP contribution < -0.4 is 16.2 Å². The fraction of sp³-hybridized carbons (Fsp3) is 0.692. The molecule has 3 rings (SSSR count). The van der Waals surface area contributed by atoms with Crippen molar-refractivity contribution in [3.05, 3.63) is 11.9 Å². The predicted molar refractivity (Wildman–Crippen MR) is 80.6 cm³/mol. The van der Waals surface area contributed by atoms with Crippen molar-refractivity contribution in [3.8, 4) is 0 Å². The lowest BCUT2D eigenvalue weighted by molar-refractivity contribution is 0.715. The Hall–Kier alpha value is -1.01. The SMILES string of the molecule is CCC1CN(c2cc(NN)nc(C3CC3)n2)CCS1. The molecule has 0 bridgehead atoms. The molecule has 3 N–H and O–H groups in total. The fourth-order valence-corrected chi connectivity index (χ4v) is 3.57. The summed E-state index contributed by atoms with van der Waals surface area (Å²) >= 11 is 2.07. The highest BCUT2D eigenvalue weighted by atomic mass is 32.2. The van der Waals surface area contributed by atoms with Crippen molar-refractivity contribution in [1.82, 2.24) is 9.97 Å². The lowest BCUT2D eigenvalue weighted by atomic mass is 10.3. The second-order valence-electron chi connectivity index (χ2n) is 5.24. The van der Waals surface area contributed by atoms with Crippen molar-refractivity contribution in [2.45, 2.75) is 37.4 Å². The van der Waals surface area contributed by atoms with Gasteiger partial charge < -0.3 is 10.3 Å². The zero-order valence-corrected chi connectivity index (χ0v) is 12.1. The molecule has 1 aromatic rings. The van der Waals surface area contributed by atoms with Crippen LogP contribution in [0.4, 0.5) is 11.6 Å². The smallest absolute Gasteiger partial charge is 0.145 e. The predicted octanol–water partition coefficient (Wildman–Crippen LogP) is 1.97. The molecule has 1 aliphatic carbocycles. The third-order valence-electron chi connectivity index (χ3n) is 3.74. The van der Waals surface area contributed by atoms with E-state index in [9.17, 15) is 0 Å². The average molecular weight is 279 g/mol. The van der Waals surface area contributed by atoms with Crippen LogP contribution in [0.25, 0.3) is 0 Å². The number of nitrogens with zero attached hydrogens (tertiary/aromatic N) is 3. The molecular weight excluding hydrogens is 258 g/mol. The number of nitrogens with one attached hydrogen (secondary N) is 1. The Kier molecular flexibility index (Phi) is 3.79. The normalized spacial score (nSPS) is 23.5. The average Bonchev–Trinajstić information content (AvgIpc) is 3.31. The van der Waals surface area contributed by atoms with Crippen molar-refractivity contribution < 1.29 is 0 Å². The largest absolute Gasteiger partial charge is 0.355 e. The first-order valence-corrected chi connectivity index (χ1v) is 8.07. The third kappa shape index (κ3) is 2.95. The van der Waals surface area contributed by atoms with E-state index in [1.807, 2.05) is 6.07 Å². The van der Waals surface area contributed by atoms with Crippen LogP contribution in [0.15, 0.2) is 6.07 Å². The Labute approximate surface area is 118 Å². The van der Waals surface area contributed by atoms with Gasteiger partial charge in [0.2, 0.25) is 0 Å². The molecule has 6 heteroatoms. The van der Waals surface area contributed by atoms with E-state index in [0.29, 0.717) is 11.2 Å². The Morgan fingerprint density at radius 1 is 1.47 bits per heavy atom. The third-order valence-corrected chi connectivity index (χ3v) is 5.11. The minimum atomic E-state index is 0.549. The molecule has 19 heavy (non-hydrogen) atoms. The van der Waals surface area contributed by atoms with Crippen molar-refractivity contribution in [1.29, 1.82) is 0 Å². The summed E-state index contributed by atoms with van der Waals surface area (Å²) < 4.78 is 0. The summed E-state index contributed by atoms with van der Waals surface area (Å²) in [6.07, 6.45) is 3.63. The molecule has 2 aliphatic rings. The fourth-order valence-electron chi connectivity index (χ4n) is 2.39. The van der Waals surface area contributed by atoms with Gasteiger partial charge in [-0.2, -0.15) is 11.8 Å². The summed E-state index contributed by atoms with van der Waals surface area (Å²) in [6.45, 7) is 4.39. The Balaban J connectivity index is 1.84. The van der Waals surface area contributed by atoms with Crippen LogP contribution in [-0.4, -0.2) is 34.1 Å². The Bertz CT molecular complexity index is 449. The number of nitrogens with two attached hydrogens (primary N) is 1. The van der Waals surface area contributed by atoms with Gasteiger partial charge in [-0.25, -0.2) is 15.8 Å². The standard InChI is InChI=1S/C13H21N5S/c1-2-10-8-18(5-6-19-10)12-7-11(17-14)15-13(16-12)9-3-4-9/h7,9-10H,2-6,8,14H2,1H3,(H,15,16,17). The van der Waals surface area contributed by atoms with Crippen molar-refractivity contribution in [3.63, 3.8) is 0 Å². The molecule has 2 fully saturated rings. The number of hydrogen-bond donors (Lipinski definition) is 2. The van der Waals surface area contributed by atoms with Gasteiger partial charge in [0.25, 0.3) is 0 Å². The van der Waals surface area contributed by atoms with Crippen LogP contribution in [0.1, 0.15) is 37.9 Å². The van der Waals surface area contributed by atoms with Crippen LogP contribution in [0.3, 0.4) is 0 Å². The zero-order valence-electron chi connectivity index (χ0n) is 11.3. The maximum absolute atomic E-state index is 5.53. The number of anilines is 2.